The van der Waals surface area contributed by atoms with Crippen LogP contribution in [0.4, 0.5) is 0 Å². The molecule has 0 saturated carbocycles. The van der Waals surface area contributed by atoms with Gasteiger partial charge >= 0.3 is 5.97 Å². The highest BCUT2D eigenvalue weighted by Crippen LogP contribution is 2.46. The quantitative estimate of drug-likeness (QED) is 0.303. The zero-order valence-corrected chi connectivity index (χ0v) is 12.2. The molecule has 2 rings (SSSR count). The third kappa shape index (κ3) is 2.61. The van der Waals surface area contributed by atoms with Crippen molar-refractivity contribution in [2.24, 2.45) is 5.92 Å². The second-order valence-corrected chi connectivity index (χ2v) is 5.42. The average Bonchev–Trinajstić information content (AvgIpc) is 2.81. The number of nitrogens with zero attached hydrogens (tertiary/aromatic N) is 1. The van der Waals surface area contributed by atoms with Crippen molar-refractivity contribution in [3.8, 4) is 0 Å². The standard InChI is InChI=1S/C13H17NO5S/c1-4-5-18-13(16)9-6-20-12-10(11(15)14(9)12)8(2)19-7-17-3/h4,6,8,10,12H,1,5,7H2,2-3H3/t8?,10-,12-/m0/s1. The maximum absolute atomic E-state index is 12.2. The number of methoxy groups -OCH3 is 1. The second kappa shape index (κ2) is 6.43. The Labute approximate surface area is 121 Å². The first-order valence-electron chi connectivity index (χ1n) is 6.19. The number of esters is 1. The number of fused-ring (bicyclic) bond motifs is 1. The van der Waals surface area contributed by atoms with E-state index < -0.39 is 5.97 Å². The van der Waals surface area contributed by atoms with Gasteiger partial charge in [0.25, 0.3) is 0 Å². The maximum Gasteiger partial charge on any atom is 0.355 e. The topological polar surface area (TPSA) is 65.1 Å². The SMILES string of the molecule is C=CCOC(=O)C1=CS[C@H]2[C@@H](C(C)OCOC)C(=O)N12. The van der Waals surface area contributed by atoms with E-state index >= 15 is 0 Å². The van der Waals surface area contributed by atoms with Crippen LogP contribution < -0.4 is 0 Å². The zero-order chi connectivity index (χ0) is 14.7. The van der Waals surface area contributed by atoms with Gasteiger partial charge < -0.3 is 14.2 Å². The Bertz CT molecular complexity index is 450. The summed E-state index contributed by atoms with van der Waals surface area (Å²) in [6.45, 7) is 5.57. The number of amides is 1. The number of carbonyl (C=O) groups is 2. The molecule has 0 aromatic heterocycles. The van der Waals surface area contributed by atoms with Gasteiger partial charge in [0.1, 0.15) is 24.5 Å². The van der Waals surface area contributed by atoms with Gasteiger partial charge in [0.15, 0.2) is 0 Å². The van der Waals surface area contributed by atoms with E-state index in [1.54, 1.807) is 5.41 Å². The predicted molar refractivity (Wildman–Crippen MR) is 73.4 cm³/mol. The lowest BCUT2D eigenvalue weighted by Gasteiger charge is -2.44. The van der Waals surface area contributed by atoms with Crippen LogP contribution in [0.25, 0.3) is 0 Å². The van der Waals surface area contributed by atoms with Gasteiger partial charge in [0, 0.05) is 12.5 Å². The number of rotatable bonds is 7. The summed E-state index contributed by atoms with van der Waals surface area (Å²) in [5.41, 5.74) is 0.294. The Morgan fingerprint density at radius 2 is 2.40 bits per heavy atom. The molecule has 0 aromatic carbocycles. The normalized spacial score (nSPS) is 25.6. The summed E-state index contributed by atoms with van der Waals surface area (Å²) in [6, 6.07) is 0. The van der Waals surface area contributed by atoms with Crippen LogP contribution in [0.15, 0.2) is 23.8 Å². The van der Waals surface area contributed by atoms with Gasteiger partial charge in [-0.2, -0.15) is 0 Å². The van der Waals surface area contributed by atoms with Gasteiger partial charge in [-0.25, -0.2) is 4.79 Å². The van der Waals surface area contributed by atoms with E-state index in [0.717, 1.165) is 0 Å². The molecule has 20 heavy (non-hydrogen) atoms. The van der Waals surface area contributed by atoms with E-state index in [-0.39, 0.29) is 36.7 Å². The minimum Gasteiger partial charge on any atom is -0.457 e. The molecule has 1 unspecified atom stereocenters. The van der Waals surface area contributed by atoms with Gasteiger partial charge in [0.05, 0.1) is 12.0 Å². The first kappa shape index (κ1) is 15.1. The van der Waals surface area contributed by atoms with Crippen LogP contribution >= 0.6 is 11.8 Å². The maximum atomic E-state index is 12.2. The lowest BCUT2D eigenvalue weighted by molar-refractivity contribution is -0.165. The molecule has 3 atom stereocenters. The largest absolute Gasteiger partial charge is 0.457 e. The molecule has 6 nitrogen and oxygen atoms in total. The number of carbonyl (C=O) groups excluding carboxylic acids is 2. The second-order valence-electron chi connectivity index (χ2n) is 4.43. The molecule has 2 heterocycles. The van der Waals surface area contributed by atoms with Crippen molar-refractivity contribution in [2.75, 3.05) is 20.5 Å². The summed E-state index contributed by atoms with van der Waals surface area (Å²) in [5.74, 6) is -0.890. The van der Waals surface area contributed by atoms with Gasteiger partial charge in [-0.1, -0.05) is 12.7 Å². The Balaban J connectivity index is 1.95. The Hall–Kier alpha value is -1.31. The van der Waals surface area contributed by atoms with Crippen molar-refractivity contribution in [1.29, 1.82) is 0 Å². The fourth-order valence-electron chi connectivity index (χ4n) is 2.15. The van der Waals surface area contributed by atoms with Crippen molar-refractivity contribution >= 4 is 23.6 Å². The first-order chi connectivity index (χ1) is 9.61. The number of β-lactam (4-membered cyclic amide) rings is 1. The average molecular weight is 299 g/mol. The molecule has 7 heteroatoms. The van der Waals surface area contributed by atoms with Crippen LogP contribution in [0.5, 0.6) is 0 Å². The van der Waals surface area contributed by atoms with Crippen molar-refractivity contribution < 1.29 is 23.8 Å². The number of hydrogen-bond acceptors (Lipinski definition) is 6. The molecule has 0 bridgehead atoms. The van der Waals surface area contributed by atoms with E-state index in [4.69, 9.17) is 14.2 Å². The van der Waals surface area contributed by atoms with E-state index in [1.807, 2.05) is 6.92 Å². The van der Waals surface area contributed by atoms with Crippen LogP contribution in [-0.2, 0) is 23.8 Å². The molecule has 0 N–H and O–H groups in total. The van der Waals surface area contributed by atoms with Crippen molar-refractivity contribution in [3.05, 3.63) is 23.8 Å². The van der Waals surface area contributed by atoms with E-state index in [2.05, 4.69) is 6.58 Å². The van der Waals surface area contributed by atoms with Crippen LogP contribution in [0.2, 0.25) is 0 Å². The highest BCUT2D eigenvalue weighted by atomic mass is 32.2. The highest BCUT2D eigenvalue weighted by Gasteiger charge is 2.56. The molecule has 110 valence electrons. The Morgan fingerprint density at radius 3 is 3.05 bits per heavy atom. The van der Waals surface area contributed by atoms with Gasteiger partial charge in [-0.3, -0.25) is 9.69 Å². The monoisotopic (exact) mass is 299 g/mol. The fraction of sp³-hybridized carbons (Fsp3) is 0.538. The van der Waals surface area contributed by atoms with Gasteiger partial charge in [-0.05, 0) is 6.92 Å². The summed E-state index contributed by atoms with van der Waals surface area (Å²) >= 11 is 1.43. The Morgan fingerprint density at radius 1 is 1.65 bits per heavy atom. The van der Waals surface area contributed by atoms with Crippen molar-refractivity contribution in [2.45, 2.75) is 18.4 Å². The van der Waals surface area contributed by atoms with Gasteiger partial charge in [0.2, 0.25) is 5.91 Å². The first-order valence-corrected chi connectivity index (χ1v) is 7.13. The van der Waals surface area contributed by atoms with Crippen molar-refractivity contribution in [1.82, 2.24) is 4.90 Å². The molecule has 2 aliphatic heterocycles. The van der Waals surface area contributed by atoms with Gasteiger partial charge in [-0.15, -0.1) is 11.8 Å². The third-order valence-electron chi connectivity index (χ3n) is 3.16. The molecule has 0 radical (unpaired) electrons. The molecule has 1 amide bonds. The molecule has 2 aliphatic rings. The number of thioether (sulfide) groups is 1. The van der Waals surface area contributed by atoms with E-state index in [9.17, 15) is 9.59 Å². The molecule has 0 spiro atoms. The van der Waals surface area contributed by atoms with Crippen LogP contribution in [0, 0.1) is 5.92 Å². The summed E-state index contributed by atoms with van der Waals surface area (Å²) in [6.07, 6.45) is 1.23. The minimum absolute atomic E-state index is 0.0966. The summed E-state index contributed by atoms with van der Waals surface area (Å²) in [4.78, 5) is 25.4. The van der Waals surface area contributed by atoms with Crippen molar-refractivity contribution in [3.63, 3.8) is 0 Å². The smallest absolute Gasteiger partial charge is 0.355 e. The lowest BCUT2D eigenvalue weighted by Crippen LogP contribution is -2.61. The summed E-state index contributed by atoms with van der Waals surface area (Å²) in [5, 5.41) is 1.57. The summed E-state index contributed by atoms with van der Waals surface area (Å²) < 4.78 is 15.2. The predicted octanol–water partition coefficient (Wildman–Crippen LogP) is 1.10. The van der Waals surface area contributed by atoms with Crippen LogP contribution in [0.3, 0.4) is 0 Å². The van der Waals surface area contributed by atoms with Crippen LogP contribution in [-0.4, -0.2) is 48.8 Å². The minimum atomic E-state index is -0.503. The highest BCUT2D eigenvalue weighted by molar-refractivity contribution is 8.03. The number of hydrogen-bond donors (Lipinski definition) is 0. The molecule has 1 saturated heterocycles. The molecule has 0 aromatic rings. The molecular weight excluding hydrogens is 282 g/mol. The Kier molecular flexibility index (Phi) is 4.85. The van der Waals surface area contributed by atoms with E-state index in [1.165, 1.54) is 29.8 Å². The fourth-order valence-corrected chi connectivity index (χ4v) is 3.47. The number of ether oxygens (including phenoxy) is 3. The summed E-state index contributed by atoms with van der Waals surface area (Å²) in [7, 11) is 1.53. The molecule has 0 aliphatic carbocycles. The molecular formula is C13H17NO5S. The zero-order valence-electron chi connectivity index (χ0n) is 11.4. The molecule has 1 fully saturated rings. The van der Waals surface area contributed by atoms with E-state index in [0.29, 0.717) is 5.70 Å². The third-order valence-corrected chi connectivity index (χ3v) is 4.30. The lowest BCUT2D eigenvalue weighted by atomic mass is 9.92. The van der Waals surface area contributed by atoms with Crippen LogP contribution in [0.1, 0.15) is 6.92 Å².